The van der Waals surface area contributed by atoms with Gasteiger partial charge in [-0.1, -0.05) is 0 Å². The topological polar surface area (TPSA) is 63.2 Å². The van der Waals surface area contributed by atoms with Crippen LogP contribution in [0.4, 0.5) is 10.6 Å². The molecule has 0 aliphatic carbocycles. The van der Waals surface area contributed by atoms with E-state index in [-0.39, 0.29) is 0 Å². The third-order valence-electron chi connectivity index (χ3n) is 2.84. The van der Waals surface area contributed by atoms with Gasteiger partial charge in [0.05, 0.1) is 5.01 Å². The lowest BCUT2D eigenvalue weighted by atomic mass is 9.99. The fraction of sp³-hybridized carbons (Fsp3) is 0.692. The van der Waals surface area contributed by atoms with Crippen LogP contribution in [0.25, 0.3) is 0 Å². The summed E-state index contributed by atoms with van der Waals surface area (Å²) in [5, 5.41) is 9.00. The van der Waals surface area contributed by atoms with Crippen molar-refractivity contribution in [2.75, 3.05) is 18.4 Å². The Balaban J connectivity index is 1.91. The number of hydrogen-bond acceptors (Lipinski definition) is 5. The van der Waals surface area contributed by atoms with Crippen LogP contribution in [0.2, 0.25) is 0 Å². The standard InChI is InChI=1S/C13H21N3O2S/c1-13(2,3)18-12(17)16-10-8-19-11(15-10)9-4-6-14-7-5-9/h8-9,14H,4-7H2,1-3H3,(H,16,17). The number of piperidine rings is 1. The number of hydrogen-bond donors (Lipinski definition) is 2. The van der Waals surface area contributed by atoms with E-state index in [0.717, 1.165) is 30.9 Å². The summed E-state index contributed by atoms with van der Waals surface area (Å²) in [6.45, 7) is 7.61. The number of rotatable bonds is 2. The number of nitrogens with zero attached hydrogens (tertiary/aromatic N) is 1. The van der Waals surface area contributed by atoms with E-state index in [1.807, 2.05) is 26.2 Å². The minimum Gasteiger partial charge on any atom is -0.444 e. The van der Waals surface area contributed by atoms with Crippen molar-refractivity contribution >= 4 is 23.2 Å². The monoisotopic (exact) mass is 283 g/mol. The lowest BCUT2D eigenvalue weighted by molar-refractivity contribution is 0.0635. The van der Waals surface area contributed by atoms with Gasteiger partial charge in [-0.2, -0.15) is 0 Å². The minimum atomic E-state index is -0.488. The molecule has 1 aromatic rings. The maximum atomic E-state index is 11.6. The second-order valence-corrected chi connectivity index (χ2v) is 6.61. The molecule has 0 bridgehead atoms. The number of anilines is 1. The van der Waals surface area contributed by atoms with Crippen molar-refractivity contribution in [1.29, 1.82) is 0 Å². The molecule has 2 N–H and O–H groups in total. The van der Waals surface area contributed by atoms with E-state index in [2.05, 4.69) is 15.6 Å². The van der Waals surface area contributed by atoms with Gasteiger partial charge < -0.3 is 10.1 Å². The number of thiazole rings is 1. The van der Waals surface area contributed by atoms with Gasteiger partial charge in [-0.3, -0.25) is 5.32 Å². The van der Waals surface area contributed by atoms with Gasteiger partial charge in [-0.15, -0.1) is 11.3 Å². The zero-order chi connectivity index (χ0) is 13.9. The Hall–Kier alpha value is -1.14. The van der Waals surface area contributed by atoms with Gasteiger partial charge in [0.2, 0.25) is 0 Å². The molecule has 1 aromatic heterocycles. The summed E-state index contributed by atoms with van der Waals surface area (Å²) in [4.78, 5) is 16.1. The number of amides is 1. The van der Waals surface area contributed by atoms with Gasteiger partial charge in [0, 0.05) is 11.3 Å². The maximum Gasteiger partial charge on any atom is 0.413 e. The number of carbonyl (C=O) groups excluding carboxylic acids is 1. The van der Waals surface area contributed by atoms with Crippen molar-refractivity contribution < 1.29 is 9.53 Å². The van der Waals surface area contributed by atoms with Gasteiger partial charge in [-0.05, 0) is 46.7 Å². The molecule has 2 heterocycles. The Morgan fingerprint density at radius 1 is 1.47 bits per heavy atom. The smallest absolute Gasteiger partial charge is 0.413 e. The van der Waals surface area contributed by atoms with Crippen LogP contribution in [0.3, 0.4) is 0 Å². The van der Waals surface area contributed by atoms with Gasteiger partial charge >= 0.3 is 6.09 Å². The molecular formula is C13H21N3O2S. The quantitative estimate of drug-likeness (QED) is 0.876. The summed E-state index contributed by atoms with van der Waals surface area (Å²) < 4.78 is 5.20. The Morgan fingerprint density at radius 3 is 2.79 bits per heavy atom. The molecule has 1 aliphatic rings. The predicted molar refractivity (Wildman–Crippen MR) is 76.8 cm³/mol. The molecule has 6 heteroatoms. The molecule has 19 heavy (non-hydrogen) atoms. The van der Waals surface area contributed by atoms with E-state index < -0.39 is 11.7 Å². The Morgan fingerprint density at radius 2 is 2.16 bits per heavy atom. The molecule has 0 spiro atoms. The summed E-state index contributed by atoms with van der Waals surface area (Å²) in [6, 6.07) is 0. The third-order valence-corrected chi connectivity index (χ3v) is 3.85. The summed E-state index contributed by atoms with van der Waals surface area (Å²) in [5.41, 5.74) is -0.488. The van der Waals surface area contributed by atoms with Crippen molar-refractivity contribution in [3.05, 3.63) is 10.4 Å². The highest BCUT2D eigenvalue weighted by Gasteiger charge is 2.20. The van der Waals surface area contributed by atoms with E-state index >= 15 is 0 Å². The van der Waals surface area contributed by atoms with Crippen LogP contribution < -0.4 is 10.6 Å². The van der Waals surface area contributed by atoms with Gasteiger partial charge in [0.25, 0.3) is 0 Å². The second kappa shape index (κ2) is 5.88. The zero-order valence-corrected chi connectivity index (χ0v) is 12.5. The Bertz CT molecular complexity index is 433. The van der Waals surface area contributed by atoms with Crippen molar-refractivity contribution in [2.24, 2.45) is 0 Å². The molecule has 106 valence electrons. The molecule has 1 fully saturated rings. The highest BCUT2D eigenvalue weighted by atomic mass is 32.1. The number of ether oxygens (including phenoxy) is 1. The highest BCUT2D eigenvalue weighted by molar-refractivity contribution is 7.10. The van der Waals surface area contributed by atoms with Crippen molar-refractivity contribution in [1.82, 2.24) is 10.3 Å². The molecule has 1 aliphatic heterocycles. The summed E-state index contributed by atoms with van der Waals surface area (Å²) in [6.07, 6.45) is 1.77. The molecular weight excluding hydrogens is 262 g/mol. The number of nitrogens with one attached hydrogen (secondary N) is 2. The number of aromatic nitrogens is 1. The molecule has 0 atom stereocenters. The zero-order valence-electron chi connectivity index (χ0n) is 11.7. The van der Waals surface area contributed by atoms with Crippen LogP contribution in [-0.4, -0.2) is 29.8 Å². The van der Waals surface area contributed by atoms with Crippen LogP contribution in [0.15, 0.2) is 5.38 Å². The van der Waals surface area contributed by atoms with Gasteiger partial charge in [0.15, 0.2) is 0 Å². The highest BCUT2D eigenvalue weighted by Crippen LogP contribution is 2.29. The number of carbonyl (C=O) groups is 1. The molecule has 0 radical (unpaired) electrons. The molecule has 0 unspecified atom stereocenters. The van der Waals surface area contributed by atoms with Crippen LogP contribution in [0.1, 0.15) is 44.5 Å². The minimum absolute atomic E-state index is 0.449. The third kappa shape index (κ3) is 4.47. The Kier molecular flexibility index (Phi) is 4.42. The van der Waals surface area contributed by atoms with E-state index in [1.165, 1.54) is 0 Å². The van der Waals surface area contributed by atoms with E-state index in [9.17, 15) is 4.79 Å². The van der Waals surface area contributed by atoms with Crippen LogP contribution in [0.5, 0.6) is 0 Å². The fourth-order valence-corrected chi connectivity index (χ4v) is 2.93. The normalized spacial score (nSPS) is 17.2. The van der Waals surface area contributed by atoms with E-state index in [4.69, 9.17) is 4.74 Å². The molecule has 0 aromatic carbocycles. The van der Waals surface area contributed by atoms with E-state index in [1.54, 1.807) is 11.3 Å². The molecule has 1 amide bonds. The van der Waals surface area contributed by atoms with Crippen LogP contribution >= 0.6 is 11.3 Å². The van der Waals surface area contributed by atoms with Crippen molar-refractivity contribution in [3.63, 3.8) is 0 Å². The average molecular weight is 283 g/mol. The van der Waals surface area contributed by atoms with Crippen molar-refractivity contribution in [2.45, 2.75) is 45.1 Å². The second-order valence-electron chi connectivity index (χ2n) is 5.72. The van der Waals surface area contributed by atoms with E-state index in [0.29, 0.717) is 11.7 Å². The molecule has 0 saturated carbocycles. The predicted octanol–water partition coefficient (Wildman–Crippen LogP) is 2.96. The fourth-order valence-electron chi connectivity index (χ4n) is 2.01. The molecule has 2 rings (SSSR count). The van der Waals surface area contributed by atoms with Crippen LogP contribution in [-0.2, 0) is 4.74 Å². The summed E-state index contributed by atoms with van der Waals surface area (Å²) in [5.74, 6) is 1.10. The summed E-state index contributed by atoms with van der Waals surface area (Å²) >= 11 is 1.61. The van der Waals surface area contributed by atoms with Gasteiger partial charge in [-0.25, -0.2) is 9.78 Å². The lowest BCUT2D eigenvalue weighted by Gasteiger charge is -2.20. The molecule has 1 saturated heterocycles. The summed E-state index contributed by atoms with van der Waals surface area (Å²) in [7, 11) is 0. The first kappa shape index (κ1) is 14.3. The maximum absolute atomic E-state index is 11.6. The SMILES string of the molecule is CC(C)(C)OC(=O)Nc1csc(C2CCNCC2)n1. The first-order valence-electron chi connectivity index (χ1n) is 6.60. The largest absolute Gasteiger partial charge is 0.444 e. The van der Waals surface area contributed by atoms with Gasteiger partial charge in [0.1, 0.15) is 11.4 Å². The average Bonchev–Trinajstić information content (AvgIpc) is 2.76. The van der Waals surface area contributed by atoms with Crippen molar-refractivity contribution in [3.8, 4) is 0 Å². The van der Waals surface area contributed by atoms with Crippen LogP contribution in [0, 0.1) is 0 Å². The molecule has 5 nitrogen and oxygen atoms in total. The first-order chi connectivity index (χ1) is 8.94. The Labute approximate surface area is 117 Å². The first-order valence-corrected chi connectivity index (χ1v) is 7.48. The lowest BCUT2D eigenvalue weighted by Crippen LogP contribution is -2.27.